The molecule has 2 heteroatoms. The Balaban J connectivity index is 2.11. The van der Waals surface area contributed by atoms with Crippen molar-refractivity contribution in [3.63, 3.8) is 0 Å². The molecule has 120 valence electrons. The molecule has 0 aliphatic heterocycles. The third kappa shape index (κ3) is 5.37. The molecule has 1 rings (SSSR count). The third-order valence-corrected chi connectivity index (χ3v) is 5.42. The monoisotopic (exact) mass is 282 g/mol. The second-order valence-electron chi connectivity index (χ2n) is 7.08. The van der Waals surface area contributed by atoms with Gasteiger partial charge in [0, 0.05) is 11.6 Å². The Hall–Kier alpha value is -0.0800. The van der Waals surface area contributed by atoms with Gasteiger partial charge >= 0.3 is 0 Å². The highest BCUT2D eigenvalue weighted by Crippen LogP contribution is 2.37. The average molecular weight is 283 g/mol. The van der Waals surface area contributed by atoms with Crippen LogP contribution in [0.5, 0.6) is 0 Å². The Kier molecular flexibility index (Phi) is 8.79. The molecule has 0 aromatic carbocycles. The molecule has 0 amide bonds. The predicted molar refractivity (Wildman–Crippen MR) is 90.1 cm³/mol. The fourth-order valence-corrected chi connectivity index (χ4v) is 3.90. The molecule has 0 heterocycles. The number of likely N-dealkylation sites (N-methyl/N-ethyl adjacent to an activating group) is 1. The lowest BCUT2D eigenvalue weighted by Gasteiger charge is -2.41. The van der Waals surface area contributed by atoms with Crippen LogP contribution in [0.2, 0.25) is 0 Å². The highest BCUT2D eigenvalue weighted by Gasteiger charge is 2.40. The molecule has 0 spiro atoms. The largest absolute Gasteiger partial charge is 0.326 e. The number of nitrogens with two attached hydrogens (primary N) is 1. The lowest BCUT2D eigenvalue weighted by atomic mass is 9.84. The Morgan fingerprint density at radius 1 is 0.900 bits per heavy atom. The lowest BCUT2D eigenvalue weighted by molar-refractivity contribution is 0.117. The fourth-order valence-electron chi connectivity index (χ4n) is 3.90. The maximum absolute atomic E-state index is 6.55. The molecule has 2 N–H and O–H groups in total. The summed E-state index contributed by atoms with van der Waals surface area (Å²) in [6, 6.07) is 0.375. The molecule has 0 aromatic heterocycles. The molecule has 20 heavy (non-hydrogen) atoms. The zero-order valence-electron chi connectivity index (χ0n) is 14.3. The van der Waals surface area contributed by atoms with Crippen LogP contribution < -0.4 is 5.73 Å². The van der Waals surface area contributed by atoms with E-state index in [-0.39, 0.29) is 0 Å². The normalized spacial score (nSPS) is 19.6. The van der Waals surface area contributed by atoms with Crippen molar-refractivity contribution in [2.24, 2.45) is 5.73 Å². The van der Waals surface area contributed by atoms with Gasteiger partial charge in [-0.05, 0) is 33.4 Å². The molecule has 1 unspecified atom stereocenters. The van der Waals surface area contributed by atoms with E-state index >= 15 is 0 Å². The minimum absolute atomic E-state index is 0.307. The summed E-state index contributed by atoms with van der Waals surface area (Å²) in [6.45, 7) is 2.28. The van der Waals surface area contributed by atoms with Crippen molar-refractivity contribution in [2.75, 3.05) is 14.1 Å². The second kappa shape index (κ2) is 9.78. The number of unbranched alkanes of at least 4 members (excludes halogenated alkanes) is 7. The van der Waals surface area contributed by atoms with Crippen LogP contribution in [0.15, 0.2) is 0 Å². The van der Waals surface area contributed by atoms with E-state index in [9.17, 15) is 0 Å². The summed E-state index contributed by atoms with van der Waals surface area (Å²) in [4.78, 5) is 2.41. The van der Waals surface area contributed by atoms with Crippen molar-refractivity contribution in [1.29, 1.82) is 0 Å². The van der Waals surface area contributed by atoms with Crippen LogP contribution in [0.25, 0.3) is 0 Å². The van der Waals surface area contributed by atoms with Crippen molar-refractivity contribution in [1.82, 2.24) is 4.90 Å². The van der Waals surface area contributed by atoms with Gasteiger partial charge in [-0.3, -0.25) is 0 Å². The van der Waals surface area contributed by atoms with Gasteiger partial charge < -0.3 is 10.6 Å². The number of rotatable bonds is 11. The minimum Gasteiger partial charge on any atom is -0.326 e. The summed E-state index contributed by atoms with van der Waals surface area (Å²) in [5.74, 6) is 0. The second-order valence-corrected chi connectivity index (χ2v) is 7.08. The third-order valence-electron chi connectivity index (χ3n) is 5.42. The molecule has 0 bridgehead atoms. The molecule has 1 saturated carbocycles. The summed E-state index contributed by atoms with van der Waals surface area (Å²) in [5.41, 5.74) is 6.86. The first-order valence-corrected chi connectivity index (χ1v) is 9.06. The van der Waals surface area contributed by atoms with Crippen LogP contribution in [0.3, 0.4) is 0 Å². The van der Waals surface area contributed by atoms with Gasteiger partial charge in [0.2, 0.25) is 0 Å². The van der Waals surface area contributed by atoms with Gasteiger partial charge in [0.15, 0.2) is 0 Å². The standard InChI is InChI=1S/C18H38N2/c1-4-5-6-7-8-9-10-11-14-17(19)18(20(2)3)15-12-13-16-18/h17H,4-16,19H2,1-3H3. The minimum atomic E-state index is 0.307. The van der Waals surface area contributed by atoms with E-state index in [0.717, 1.165) is 0 Å². The lowest BCUT2D eigenvalue weighted by Crippen LogP contribution is -2.55. The van der Waals surface area contributed by atoms with Gasteiger partial charge in [0.1, 0.15) is 0 Å². The first-order chi connectivity index (χ1) is 9.63. The van der Waals surface area contributed by atoms with Crippen LogP contribution >= 0.6 is 0 Å². The van der Waals surface area contributed by atoms with Crippen molar-refractivity contribution < 1.29 is 0 Å². The SMILES string of the molecule is CCCCCCCCCCC(N)C1(N(C)C)CCCC1. The van der Waals surface area contributed by atoms with E-state index in [2.05, 4.69) is 25.9 Å². The summed E-state index contributed by atoms with van der Waals surface area (Å²) in [7, 11) is 4.44. The molecule has 0 radical (unpaired) electrons. The van der Waals surface area contributed by atoms with E-state index in [1.807, 2.05) is 0 Å². The smallest absolute Gasteiger partial charge is 0.0354 e. The van der Waals surface area contributed by atoms with E-state index < -0.39 is 0 Å². The Morgan fingerprint density at radius 2 is 1.40 bits per heavy atom. The maximum atomic E-state index is 6.55. The average Bonchev–Trinajstić information content (AvgIpc) is 2.92. The highest BCUT2D eigenvalue weighted by molar-refractivity contribution is 5.00. The number of hydrogen-bond acceptors (Lipinski definition) is 2. The first-order valence-electron chi connectivity index (χ1n) is 9.06. The van der Waals surface area contributed by atoms with Gasteiger partial charge in [-0.25, -0.2) is 0 Å². The van der Waals surface area contributed by atoms with Crippen LogP contribution in [0.4, 0.5) is 0 Å². The molecule has 0 saturated heterocycles. The van der Waals surface area contributed by atoms with Crippen molar-refractivity contribution in [3.05, 3.63) is 0 Å². The van der Waals surface area contributed by atoms with Crippen LogP contribution in [0.1, 0.15) is 90.4 Å². The molecule has 1 aliphatic rings. The fraction of sp³-hybridized carbons (Fsp3) is 1.00. The quantitative estimate of drug-likeness (QED) is 0.556. The van der Waals surface area contributed by atoms with Crippen LogP contribution in [-0.2, 0) is 0 Å². The first kappa shape index (κ1) is 18.0. The summed E-state index contributed by atoms with van der Waals surface area (Å²) >= 11 is 0. The van der Waals surface area contributed by atoms with Gasteiger partial charge in [-0.15, -0.1) is 0 Å². The molecule has 2 nitrogen and oxygen atoms in total. The van der Waals surface area contributed by atoms with Gasteiger partial charge in [-0.2, -0.15) is 0 Å². The Bertz CT molecular complexity index is 232. The summed E-state index contributed by atoms with van der Waals surface area (Å²) < 4.78 is 0. The molecular formula is C18H38N2. The van der Waals surface area contributed by atoms with Gasteiger partial charge in [0.05, 0.1) is 0 Å². The number of hydrogen-bond donors (Lipinski definition) is 1. The summed E-state index contributed by atoms with van der Waals surface area (Å²) in [6.07, 6.45) is 17.7. The zero-order valence-corrected chi connectivity index (χ0v) is 14.3. The van der Waals surface area contributed by atoms with E-state index in [0.29, 0.717) is 11.6 Å². The van der Waals surface area contributed by atoms with E-state index in [4.69, 9.17) is 5.73 Å². The number of nitrogens with zero attached hydrogens (tertiary/aromatic N) is 1. The maximum Gasteiger partial charge on any atom is 0.0354 e. The topological polar surface area (TPSA) is 29.3 Å². The van der Waals surface area contributed by atoms with Crippen LogP contribution in [-0.4, -0.2) is 30.6 Å². The summed E-state index contributed by atoms with van der Waals surface area (Å²) in [5, 5.41) is 0. The van der Waals surface area contributed by atoms with E-state index in [1.54, 1.807) is 0 Å². The van der Waals surface area contributed by atoms with Gasteiger partial charge in [-0.1, -0.05) is 71.1 Å². The van der Waals surface area contributed by atoms with Crippen molar-refractivity contribution in [2.45, 2.75) is 102 Å². The molecule has 1 atom stereocenters. The molecule has 1 aliphatic carbocycles. The Labute approximate surface area is 127 Å². The molecular weight excluding hydrogens is 244 g/mol. The predicted octanol–water partition coefficient (Wildman–Crippen LogP) is 4.72. The van der Waals surface area contributed by atoms with Crippen LogP contribution in [0, 0.1) is 0 Å². The Morgan fingerprint density at radius 3 is 1.90 bits per heavy atom. The van der Waals surface area contributed by atoms with Crippen molar-refractivity contribution >= 4 is 0 Å². The molecule has 0 aromatic rings. The zero-order chi connectivity index (χ0) is 14.8. The van der Waals surface area contributed by atoms with Crippen molar-refractivity contribution in [3.8, 4) is 0 Å². The van der Waals surface area contributed by atoms with E-state index in [1.165, 1.54) is 83.5 Å². The van der Waals surface area contributed by atoms with Gasteiger partial charge in [0.25, 0.3) is 0 Å². The highest BCUT2D eigenvalue weighted by atomic mass is 15.2. The molecule has 1 fully saturated rings.